The van der Waals surface area contributed by atoms with Gasteiger partial charge in [0.2, 0.25) is 5.91 Å². The summed E-state index contributed by atoms with van der Waals surface area (Å²) in [5.74, 6) is 3.60. The maximum atomic E-state index is 12.6. The number of hydrogen-bond donors (Lipinski definition) is 1. The van der Waals surface area contributed by atoms with E-state index < -0.39 is 0 Å². The quantitative estimate of drug-likeness (QED) is 0.885. The van der Waals surface area contributed by atoms with E-state index in [-0.39, 0.29) is 12.0 Å². The summed E-state index contributed by atoms with van der Waals surface area (Å²) in [6, 6.07) is 0.0455. The molecule has 1 aliphatic heterocycles. The van der Waals surface area contributed by atoms with E-state index in [2.05, 4.69) is 27.5 Å². The molecule has 2 saturated carbocycles. The zero-order chi connectivity index (χ0) is 13.0. The molecule has 5 atom stereocenters. The van der Waals surface area contributed by atoms with Crippen LogP contribution in [0.1, 0.15) is 44.5 Å². The van der Waals surface area contributed by atoms with Gasteiger partial charge in [0.05, 0.1) is 6.04 Å². The second-order valence-corrected chi connectivity index (χ2v) is 6.34. The van der Waals surface area contributed by atoms with Gasteiger partial charge in [0.25, 0.3) is 0 Å². The smallest absolute Gasteiger partial charge is 0.226 e. The molecule has 3 fully saturated rings. The molecular formula is C13H19N5O. The molecule has 0 radical (unpaired) electrons. The Kier molecular flexibility index (Phi) is 2.40. The van der Waals surface area contributed by atoms with Crippen molar-refractivity contribution in [3.8, 4) is 0 Å². The minimum absolute atomic E-state index is 0.0455. The second-order valence-electron chi connectivity index (χ2n) is 6.34. The highest BCUT2D eigenvalue weighted by Gasteiger charge is 2.56. The number of hydrogen-bond acceptors (Lipinski definition) is 4. The van der Waals surface area contributed by atoms with Crippen LogP contribution < -0.4 is 0 Å². The van der Waals surface area contributed by atoms with Gasteiger partial charge in [-0.15, -0.1) is 10.2 Å². The Morgan fingerprint density at radius 2 is 2.21 bits per heavy atom. The van der Waals surface area contributed by atoms with Gasteiger partial charge in [-0.05, 0) is 43.4 Å². The van der Waals surface area contributed by atoms with Crippen LogP contribution in [0.4, 0.5) is 0 Å². The van der Waals surface area contributed by atoms with Crippen LogP contribution in [0.2, 0.25) is 0 Å². The van der Waals surface area contributed by atoms with E-state index in [1.807, 2.05) is 4.90 Å². The Labute approximate surface area is 111 Å². The minimum atomic E-state index is 0.0455. The van der Waals surface area contributed by atoms with Crippen molar-refractivity contribution in [3.63, 3.8) is 0 Å². The van der Waals surface area contributed by atoms with Gasteiger partial charge in [0.1, 0.15) is 0 Å². The molecule has 19 heavy (non-hydrogen) atoms. The summed E-state index contributed by atoms with van der Waals surface area (Å²) in [7, 11) is 0. The fourth-order valence-electron chi connectivity index (χ4n) is 3.74. The van der Waals surface area contributed by atoms with E-state index in [4.69, 9.17) is 0 Å². The number of carbonyl (C=O) groups is 1. The predicted octanol–water partition coefficient (Wildman–Crippen LogP) is 1.16. The van der Waals surface area contributed by atoms with Gasteiger partial charge in [-0.3, -0.25) is 4.79 Å². The standard InChI is InChI=1S/C13H19N5O/c1-7-5-8(7)9-6-10(9)13(19)18-4-2-3-11(18)12-14-16-17-15-12/h7-11H,2-6H2,1H3,(H,14,15,16,17). The lowest BCUT2D eigenvalue weighted by molar-refractivity contribution is -0.134. The maximum Gasteiger partial charge on any atom is 0.226 e. The molecule has 2 aliphatic carbocycles. The van der Waals surface area contributed by atoms with Gasteiger partial charge >= 0.3 is 0 Å². The Morgan fingerprint density at radius 1 is 1.37 bits per heavy atom. The van der Waals surface area contributed by atoms with E-state index in [0.29, 0.717) is 17.6 Å². The highest BCUT2D eigenvalue weighted by Crippen LogP contribution is 2.58. The van der Waals surface area contributed by atoms with Crippen LogP contribution in [0.3, 0.4) is 0 Å². The number of aromatic nitrogens is 4. The predicted molar refractivity (Wildman–Crippen MR) is 66.7 cm³/mol. The molecule has 102 valence electrons. The number of carbonyl (C=O) groups excluding carboxylic acids is 1. The van der Waals surface area contributed by atoms with Gasteiger partial charge in [0.15, 0.2) is 5.82 Å². The van der Waals surface area contributed by atoms with Crippen LogP contribution >= 0.6 is 0 Å². The van der Waals surface area contributed by atoms with Gasteiger partial charge in [-0.2, -0.15) is 5.21 Å². The zero-order valence-corrected chi connectivity index (χ0v) is 11.1. The summed E-state index contributed by atoms with van der Waals surface area (Å²) in [5.41, 5.74) is 0. The summed E-state index contributed by atoms with van der Waals surface area (Å²) >= 11 is 0. The van der Waals surface area contributed by atoms with Crippen LogP contribution in [-0.4, -0.2) is 38.0 Å². The fourth-order valence-corrected chi connectivity index (χ4v) is 3.74. The van der Waals surface area contributed by atoms with Gasteiger partial charge < -0.3 is 4.90 Å². The lowest BCUT2D eigenvalue weighted by Crippen LogP contribution is -2.32. The highest BCUT2D eigenvalue weighted by atomic mass is 16.2. The summed E-state index contributed by atoms with van der Waals surface area (Å²) in [4.78, 5) is 14.6. The zero-order valence-electron chi connectivity index (χ0n) is 11.1. The Bertz CT molecular complexity index is 487. The first kappa shape index (κ1) is 11.4. The first-order chi connectivity index (χ1) is 9.25. The molecule has 0 bridgehead atoms. The highest BCUT2D eigenvalue weighted by molar-refractivity contribution is 5.82. The monoisotopic (exact) mass is 261 g/mol. The molecule has 6 nitrogen and oxygen atoms in total. The van der Waals surface area contributed by atoms with Crippen molar-refractivity contribution in [3.05, 3.63) is 5.82 Å². The van der Waals surface area contributed by atoms with Crippen molar-refractivity contribution in [2.24, 2.45) is 23.7 Å². The Balaban J connectivity index is 1.45. The number of amides is 1. The topological polar surface area (TPSA) is 74.8 Å². The van der Waals surface area contributed by atoms with Gasteiger partial charge in [-0.25, -0.2) is 0 Å². The van der Waals surface area contributed by atoms with Crippen molar-refractivity contribution in [2.75, 3.05) is 6.54 Å². The summed E-state index contributed by atoms with van der Waals surface area (Å²) in [6.07, 6.45) is 4.43. The third-order valence-corrected chi connectivity index (χ3v) is 5.07. The van der Waals surface area contributed by atoms with E-state index in [0.717, 1.165) is 37.6 Å². The van der Waals surface area contributed by atoms with E-state index in [9.17, 15) is 4.79 Å². The normalized spacial score (nSPS) is 40.5. The summed E-state index contributed by atoms with van der Waals surface area (Å²) in [5, 5.41) is 14.2. The number of nitrogens with one attached hydrogen (secondary N) is 1. The van der Waals surface area contributed by atoms with Crippen LogP contribution in [0.5, 0.6) is 0 Å². The Morgan fingerprint density at radius 3 is 2.89 bits per heavy atom. The molecule has 0 aromatic carbocycles. The second kappa shape index (κ2) is 4.02. The molecule has 1 N–H and O–H groups in total. The number of nitrogens with zero attached hydrogens (tertiary/aromatic N) is 4. The minimum Gasteiger partial charge on any atom is -0.332 e. The largest absolute Gasteiger partial charge is 0.332 e. The summed E-state index contributed by atoms with van der Waals surface area (Å²) < 4.78 is 0. The first-order valence-electron chi connectivity index (χ1n) is 7.29. The van der Waals surface area contributed by atoms with E-state index in [1.54, 1.807) is 0 Å². The van der Waals surface area contributed by atoms with E-state index in [1.165, 1.54) is 6.42 Å². The number of H-pyrrole nitrogens is 1. The van der Waals surface area contributed by atoms with Crippen molar-refractivity contribution in [2.45, 2.75) is 38.6 Å². The molecule has 1 aromatic heterocycles. The van der Waals surface area contributed by atoms with Crippen molar-refractivity contribution in [1.29, 1.82) is 0 Å². The molecular weight excluding hydrogens is 242 g/mol. The molecule has 4 rings (SSSR count). The lowest BCUT2D eigenvalue weighted by Gasteiger charge is -2.22. The molecule has 1 amide bonds. The fraction of sp³-hybridized carbons (Fsp3) is 0.846. The number of aromatic amines is 1. The van der Waals surface area contributed by atoms with Crippen molar-refractivity contribution in [1.82, 2.24) is 25.5 Å². The SMILES string of the molecule is CC1CC1C1CC1C(=O)N1CCCC1c1nn[nH]n1. The lowest BCUT2D eigenvalue weighted by atomic mass is 10.1. The Hall–Kier alpha value is -1.46. The average Bonchev–Trinajstić information content (AvgIpc) is 3.17. The van der Waals surface area contributed by atoms with Crippen LogP contribution in [0, 0.1) is 23.7 Å². The van der Waals surface area contributed by atoms with Gasteiger partial charge in [-0.1, -0.05) is 12.1 Å². The molecule has 3 aliphatic rings. The molecule has 1 saturated heterocycles. The molecule has 1 aromatic rings. The third-order valence-electron chi connectivity index (χ3n) is 5.07. The molecule has 6 heteroatoms. The van der Waals surface area contributed by atoms with Crippen LogP contribution in [0.25, 0.3) is 0 Å². The van der Waals surface area contributed by atoms with Crippen molar-refractivity contribution < 1.29 is 4.79 Å². The first-order valence-corrected chi connectivity index (χ1v) is 7.29. The van der Waals surface area contributed by atoms with E-state index >= 15 is 0 Å². The molecule has 2 heterocycles. The molecule has 0 spiro atoms. The number of rotatable bonds is 3. The van der Waals surface area contributed by atoms with Crippen LogP contribution in [-0.2, 0) is 4.79 Å². The van der Waals surface area contributed by atoms with Crippen molar-refractivity contribution >= 4 is 5.91 Å². The van der Waals surface area contributed by atoms with Gasteiger partial charge in [0, 0.05) is 12.5 Å². The third kappa shape index (κ3) is 1.84. The number of tetrazole rings is 1. The summed E-state index contributed by atoms with van der Waals surface area (Å²) in [6.45, 7) is 3.14. The number of likely N-dealkylation sites (tertiary alicyclic amines) is 1. The average molecular weight is 261 g/mol. The maximum absolute atomic E-state index is 12.6. The molecule has 5 unspecified atom stereocenters. The van der Waals surface area contributed by atoms with Crippen LogP contribution in [0.15, 0.2) is 0 Å².